The van der Waals surface area contributed by atoms with Crippen LogP contribution in [0.2, 0.25) is 0 Å². The molecule has 0 bridgehead atoms. The highest BCUT2D eigenvalue weighted by atomic mass is 35.6. The van der Waals surface area contributed by atoms with Gasteiger partial charge in [-0.1, -0.05) is 48.7 Å². The van der Waals surface area contributed by atoms with Crippen molar-refractivity contribution in [1.29, 1.82) is 0 Å². The minimum absolute atomic E-state index is 0.127. The summed E-state index contributed by atoms with van der Waals surface area (Å²) >= 11 is 16.0. The molecule has 0 aromatic rings. The summed E-state index contributed by atoms with van der Waals surface area (Å²) in [6, 6.07) is -0.840. The predicted molar refractivity (Wildman–Crippen MR) is 60.2 cm³/mol. The summed E-state index contributed by atoms with van der Waals surface area (Å²) in [5, 5.41) is 20.8. The molecule has 0 aromatic carbocycles. The third-order valence-corrected chi connectivity index (χ3v) is 2.38. The molecular formula is C8H14Cl3NO3. The van der Waals surface area contributed by atoms with Gasteiger partial charge in [0.1, 0.15) is 0 Å². The Morgan fingerprint density at radius 1 is 1.40 bits per heavy atom. The van der Waals surface area contributed by atoms with E-state index in [2.05, 4.69) is 5.32 Å². The quantitative estimate of drug-likeness (QED) is 0.668. The topological polar surface area (TPSA) is 69.6 Å². The van der Waals surface area contributed by atoms with Gasteiger partial charge in [0.25, 0.3) is 9.70 Å². The van der Waals surface area contributed by atoms with Gasteiger partial charge in [-0.15, -0.1) is 0 Å². The second-order valence-electron chi connectivity index (χ2n) is 3.49. The lowest BCUT2D eigenvalue weighted by atomic mass is 10.0. The molecule has 0 heterocycles. The van der Waals surface area contributed by atoms with Crippen LogP contribution >= 0.6 is 34.8 Å². The molecule has 2 atom stereocenters. The summed E-state index contributed by atoms with van der Waals surface area (Å²) in [7, 11) is 0. The highest BCUT2D eigenvalue weighted by Gasteiger charge is 2.34. The van der Waals surface area contributed by atoms with Gasteiger partial charge in [0.15, 0.2) is 0 Å². The minimum Gasteiger partial charge on any atom is -0.394 e. The fourth-order valence-electron chi connectivity index (χ4n) is 0.954. The summed E-state index contributed by atoms with van der Waals surface area (Å²) in [6.45, 7) is 3.06. The molecule has 0 aliphatic carbocycles. The van der Waals surface area contributed by atoms with E-state index in [1.54, 1.807) is 13.8 Å². The molecule has 4 nitrogen and oxygen atoms in total. The Kier molecular flexibility index (Phi) is 6.21. The second kappa shape index (κ2) is 6.11. The molecule has 0 spiro atoms. The van der Waals surface area contributed by atoms with E-state index >= 15 is 0 Å². The van der Waals surface area contributed by atoms with Crippen molar-refractivity contribution in [1.82, 2.24) is 5.32 Å². The van der Waals surface area contributed by atoms with E-state index in [-0.39, 0.29) is 5.92 Å². The number of aliphatic hydroxyl groups is 2. The van der Waals surface area contributed by atoms with E-state index in [0.717, 1.165) is 0 Å². The first-order valence-electron chi connectivity index (χ1n) is 4.36. The Morgan fingerprint density at radius 3 is 2.13 bits per heavy atom. The fraction of sp³-hybridized carbons (Fsp3) is 0.875. The monoisotopic (exact) mass is 277 g/mol. The largest absolute Gasteiger partial charge is 0.394 e. The SMILES string of the molecule is CC(C)[C@H](O)[C@@H](CO)NC(=O)C(Cl)(Cl)Cl. The lowest BCUT2D eigenvalue weighted by molar-refractivity contribution is -0.122. The van der Waals surface area contributed by atoms with E-state index in [9.17, 15) is 9.90 Å². The molecule has 0 aromatic heterocycles. The van der Waals surface area contributed by atoms with Gasteiger partial charge in [0, 0.05) is 0 Å². The molecule has 0 aliphatic rings. The fourth-order valence-corrected chi connectivity index (χ4v) is 1.12. The Labute approximate surface area is 104 Å². The molecule has 0 radical (unpaired) electrons. The van der Waals surface area contributed by atoms with Crippen LogP contribution < -0.4 is 5.32 Å². The van der Waals surface area contributed by atoms with Crippen molar-refractivity contribution in [2.45, 2.75) is 29.8 Å². The molecule has 0 rings (SSSR count). The van der Waals surface area contributed by atoms with Crippen LogP contribution in [0.1, 0.15) is 13.8 Å². The zero-order chi connectivity index (χ0) is 12.2. The summed E-state index contributed by atoms with van der Waals surface area (Å²) < 4.78 is -2.09. The molecule has 0 unspecified atom stereocenters. The average molecular weight is 279 g/mol. The number of halogens is 3. The normalized spacial score (nSPS) is 16.3. The van der Waals surface area contributed by atoms with E-state index in [0.29, 0.717) is 0 Å². The number of hydrogen-bond donors (Lipinski definition) is 3. The maximum atomic E-state index is 11.2. The highest BCUT2D eigenvalue weighted by molar-refractivity contribution is 6.76. The van der Waals surface area contributed by atoms with Gasteiger partial charge in [-0.25, -0.2) is 0 Å². The molecule has 90 valence electrons. The molecule has 0 aliphatic heterocycles. The number of amides is 1. The lowest BCUT2D eigenvalue weighted by Crippen LogP contribution is -2.51. The maximum absolute atomic E-state index is 11.2. The number of aliphatic hydroxyl groups excluding tert-OH is 2. The van der Waals surface area contributed by atoms with E-state index in [4.69, 9.17) is 39.9 Å². The van der Waals surface area contributed by atoms with Crippen molar-refractivity contribution in [2.24, 2.45) is 5.92 Å². The van der Waals surface area contributed by atoms with Gasteiger partial charge in [-0.2, -0.15) is 0 Å². The van der Waals surface area contributed by atoms with Crippen molar-refractivity contribution < 1.29 is 15.0 Å². The molecule has 0 fully saturated rings. The maximum Gasteiger partial charge on any atom is 0.272 e. The molecule has 15 heavy (non-hydrogen) atoms. The first-order valence-corrected chi connectivity index (χ1v) is 5.50. The van der Waals surface area contributed by atoms with Crippen LogP contribution in [0, 0.1) is 5.92 Å². The number of alkyl halides is 3. The van der Waals surface area contributed by atoms with Crippen LogP contribution in [0.4, 0.5) is 0 Å². The Hall–Kier alpha value is 0.260. The lowest BCUT2D eigenvalue weighted by Gasteiger charge is -2.26. The van der Waals surface area contributed by atoms with E-state index < -0.39 is 28.5 Å². The van der Waals surface area contributed by atoms with Crippen LogP contribution in [0.3, 0.4) is 0 Å². The zero-order valence-corrected chi connectivity index (χ0v) is 10.6. The number of hydrogen-bond acceptors (Lipinski definition) is 3. The van der Waals surface area contributed by atoms with Crippen molar-refractivity contribution in [2.75, 3.05) is 6.61 Å². The molecule has 7 heteroatoms. The first-order chi connectivity index (χ1) is 6.70. The van der Waals surface area contributed by atoms with Gasteiger partial charge in [0.2, 0.25) is 0 Å². The summed E-state index contributed by atoms with van der Waals surface area (Å²) in [6.07, 6.45) is -0.897. The van der Waals surface area contributed by atoms with E-state index in [1.165, 1.54) is 0 Å². The number of rotatable bonds is 4. The molecule has 0 saturated carbocycles. The third-order valence-electron chi connectivity index (χ3n) is 1.87. The average Bonchev–Trinajstić information content (AvgIpc) is 2.10. The summed E-state index contributed by atoms with van der Waals surface area (Å²) in [5.74, 6) is -0.996. The standard InChI is InChI=1S/C8H14Cl3NO3/c1-4(2)6(14)5(3-13)12-7(15)8(9,10)11/h4-6,13-14H,3H2,1-2H3,(H,12,15)/t5-,6+/m1/s1. The number of carbonyl (C=O) groups is 1. The molecule has 3 N–H and O–H groups in total. The van der Waals surface area contributed by atoms with Gasteiger partial charge >= 0.3 is 0 Å². The van der Waals surface area contributed by atoms with Crippen LogP contribution in [0.25, 0.3) is 0 Å². The molecule has 0 saturated heterocycles. The van der Waals surface area contributed by atoms with Crippen molar-refractivity contribution in [3.05, 3.63) is 0 Å². The number of carbonyl (C=O) groups excluding carboxylic acids is 1. The molecular weight excluding hydrogens is 264 g/mol. The van der Waals surface area contributed by atoms with Crippen LogP contribution in [0.15, 0.2) is 0 Å². The Bertz CT molecular complexity index is 218. The first kappa shape index (κ1) is 15.3. The van der Waals surface area contributed by atoms with Gasteiger partial charge in [-0.05, 0) is 5.92 Å². The smallest absolute Gasteiger partial charge is 0.272 e. The van der Waals surface area contributed by atoms with Crippen molar-refractivity contribution >= 4 is 40.7 Å². The van der Waals surface area contributed by atoms with Crippen LogP contribution in [0.5, 0.6) is 0 Å². The third kappa shape index (κ3) is 5.22. The van der Waals surface area contributed by atoms with Gasteiger partial charge in [-0.3, -0.25) is 4.79 Å². The van der Waals surface area contributed by atoms with Crippen LogP contribution in [-0.4, -0.2) is 38.7 Å². The minimum atomic E-state index is -2.09. The Balaban J connectivity index is 4.41. The predicted octanol–water partition coefficient (Wildman–Crippen LogP) is 0.851. The summed E-state index contributed by atoms with van der Waals surface area (Å²) in [4.78, 5) is 11.2. The zero-order valence-electron chi connectivity index (χ0n) is 8.38. The number of nitrogens with one attached hydrogen (secondary N) is 1. The van der Waals surface area contributed by atoms with Gasteiger partial charge in [0.05, 0.1) is 18.8 Å². The summed E-state index contributed by atoms with van der Waals surface area (Å²) in [5.41, 5.74) is 0. The van der Waals surface area contributed by atoms with E-state index in [1.807, 2.05) is 0 Å². The molecule has 1 amide bonds. The Morgan fingerprint density at radius 2 is 1.87 bits per heavy atom. The van der Waals surface area contributed by atoms with Crippen molar-refractivity contribution in [3.63, 3.8) is 0 Å². The van der Waals surface area contributed by atoms with Crippen molar-refractivity contribution in [3.8, 4) is 0 Å². The van der Waals surface area contributed by atoms with Gasteiger partial charge < -0.3 is 15.5 Å². The highest BCUT2D eigenvalue weighted by Crippen LogP contribution is 2.26. The van der Waals surface area contributed by atoms with Crippen LogP contribution in [-0.2, 0) is 4.79 Å². The second-order valence-corrected chi connectivity index (χ2v) is 5.78.